The van der Waals surface area contributed by atoms with E-state index in [-0.39, 0.29) is 45.6 Å². The number of ether oxygens (including phenoxy) is 2. The number of carboxylic acid groups (broad SMARTS) is 1. The summed E-state index contributed by atoms with van der Waals surface area (Å²) in [6.45, 7) is 28.1. The molecular formula is C47H77N3O6. The van der Waals surface area contributed by atoms with Crippen molar-refractivity contribution in [3.8, 4) is 0 Å². The molecule has 316 valence electrons. The molecule has 9 nitrogen and oxygen atoms in total. The van der Waals surface area contributed by atoms with E-state index in [0.717, 1.165) is 97.7 Å². The number of hydrogen-bond donors (Lipinski definition) is 1. The van der Waals surface area contributed by atoms with E-state index >= 15 is 4.79 Å². The van der Waals surface area contributed by atoms with E-state index < -0.39 is 11.4 Å². The van der Waals surface area contributed by atoms with E-state index in [1.54, 1.807) is 13.8 Å². The van der Waals surface area contributed by atoms with Crippen molar-refractivity contribution < 1.29 is 29.0 Å². The van der Waals surface area contributed by atoms with Gasteiger partial charge in [-0.2, -0.15) is 0 Å². The number of nitrogens with zero attached hydrogens (tertiary/aromatic N) is 3. The highest BCUT2D eigenvalue weighted by Gasteiger charge is 2.73. The van der Waals surface area contributed by atoms with Crippen molar-refractivity contribution in [3.05, 3.63) is 0 Å². The Hall–Kier alpha value is -1.71. The number of hydrogen-bond acceptors (Lipinski definition) is 7. The van der Waals surface area contributed by atoms with E-state index in [1.165, 1.54) is 44.9 Å². The molecule has 0 aromatic rings. The van der Waals surface area contributed by atoms with Gasteiger partial charge in [-0.1, -0.05) is 41.5 Å². The van der Waals surface area contributed by atoms with E-state index in [4.69, 9.17) is 9.47 Å². The number of piperazine rings is 1. The molecule has 8 fully saturated rings. The zero-order valence-corrected chi connectivity index (χ0v) is 36.6. The van der Waals surface area contributed by atoms with Crippen molar-refractivity contribution in [1.29, 1.82) is 0 Å². The highest BCUT2D eigenvalue weighted by Crippen LogP contribution is 2.79. The maximum atomic E-state index is 15.3. The molecular weight excluding hydrogens is 703 g/mol. The topological polar surface area (TPSA) is 99.6 Å². The number of morpholine rings is 1. The number of esters is 1. The van der Waals surface area contributed by atoms with Crippen molar-refractivity contribution in [3.63, 3.8) is 0 Å². The first-order valence-electron chi connectivity index (χ1n) is 23.1. The van der Waals surface area contributed by atoms with E-state index in [1.807, 2.05) is 0 Å². The van der Waals surface area contributed by atoms with Crippen molar-refractivity contribution in [2.45, 2.75) is 145 Å². The van der Waals surface area contributed by atoms with Gasteiger partial charge in [0.25, 0.3) is 0 Å². The fourth-order valence-electron chi connectivity index (χ4n) is 15.7. The van der Waals surface area contributed by atoms with E-state index in [9.17, 15) is 14.7 Å². The molecule has 2 heterocycles. The summed E-state index contributed by atoms with van der Waals surface area (Å²) in [5.74, 6) is 1.95. The van der Waals surface area contributed by atoms with Crippen LogP contribution in [0.3, 0.4) is 0 Å². The van der Waals surface area contributed by atoms with Crippen molar-refractivity contribution >= 4 is 17.8 Å². The molecule has 1 N–H and O–H groups in total. The molecule has 10 atom stereocenters. The van der Waals surface area contributed by atoms with Crippen LogP contribution in [0.15, 0.2) is 0 Å². The average Bonchev–Trinajstić information content (AvgIpc) is 3.77. The second kappa shape index (κ2) is 14.2. The molecule has 8 rings (SSSR count). The Morgan fingerprint density at radius 2 is 1.36 bits per heavy atom. The number of fused-ring (bicyclic) bond motifs is 7. The van der Waals surface area contributed by atoms with Crippen molar-refractivity contribution in [2.24, 2.45) is 67.5 Å². The molecule has 1 amide bonds. The lowest BCUT2D eigenvalue weighted by Crippen LogP contribution is -2.68. The third kappa shape index (κ3) is 6.43. The van der Waals surface area contributed by atoms with Crippen LogP contribution in [0.5, 0.6) is 0 Å². The van der Waals surface area contributed by atoms with Gasteiger partial charge in [-0.05, 0) is 142 Å². The number of aliphatic carboxylic acids is 1. The minimum Gasteiger partial charge on any atom is -0.481 e. The lowest BCUT2D eigenvalue weighted by molar-refractivity contribution is -0.251. The highest BCUT2D eigenvalue weighted by molar-refractivity contribution is 5.84. The quantitative estimate of drug-likeness (QED) is 0.237. The van der Waals surface area contributed by atoms with Gasteiger partial charge in [-0.3, -0.25) is 24.2 Å². The van der Waals surface area contributed by atoms with Crippen LogP contribution >= 0.6 is 0 Å². The minimum absolute atomic E-state index is 0.103. The van der Waals surface area contributed by atoms with Crippen molar-refractivity contribution in [1.82, 2.24) is 14.7 Å². The third-order valence-corrected chi connectivity index (χ3v) is 19.7. The van der Waals surface area contributed by atoms with Crippen LogP contribution in [0.25, 0.3) is 0 Å². The summed E-state index contributed by atoms with van der Waals surface area (Å²) >= 11 is 0. The monoisotopic (exact) mass is 780 g/mol. The number of amides is 1. The van der Waals surface area contributed by atoms with Crippen LogP contribution in [0, 0.1) is 67.5 Å². The fraction of sp³-hybridized carbons (Fsp3) is 0.936. The zero-order valence-electron chi connectivity index (χ0n) is 36.6. The summed E-state index contributed by atoms with van der Waals surface area (Å²) < 4.78 is 11.8. The number of rotatable bonds is 9. The van der Waals surface area contributed by atoms with Gasteiger partial charge < -0.3 is 19.5 Å². The standard InChI is InChI=1S/C47H77N3O6/c1-41(2,40(53)54)31-37(51)56-36-13-14-44(6)34(42(36,3)4)12-15-46(8)35(44)10-9-33-38-32(43(5)17-18-43)11-16-47(38,20-19-45(33,46)7)39(52)50-25-23-48(24-26-50)21-22-49-27-29-55-30-28-49/h32-36,38H,9-31H2,1-8H3,(H,53,54)/t32-,33-,34+,35-,36+,38-,44+,45-,46-,47+/m1/s1. The number of carbonyl (C=O) groups is 3. The van der Waals surface area contributed by atoms with Crippen molar-refractivity contribution in [2.75, 3.05) is 65.6 Å². The Bertz CT molecular complexity index is 1530. The SMILES string of the molecule is CC(C)(CC(=O)O[C@H]1CC[C@]2(C)[C@H]3CC[C@@H]4[C@H]5[C@H](C6(C)CC6)CC[C@]5(C(=O)N5CCN(CCN6CCOCC6)CC5)CC[C@@]4(C)[C@]3(C)CC[C@H]2C1(C)C)C(=O)O. The Balaban J connectivity index is 0.997. The number of carboxylic acids is 1. The molecule has 0 bridgehead atoms. The lowest BCUT2D eigenvalue weighted by Gasteiger charge is -2.73. The zero-order chi connectivity index (χ0) is 40.1. The molecule has 6 aliphatic carbocycles. The van der Waals surface area contributed by atoms with Gasteiger partial charge in [0.1, 0.15) is 6.10 Å². The fourth-order valence-corrected chi connectivity index (χ4v) is 15.7. The predicted molar refractivity (Wildman–Crippen MR) is 218 cm³/mol. The van der Waals surface area contributed by atoms with Gasteiger partial charge in [0.15, 0.2) is 0 Å². The lowest BCUT2D eigenvalue weighted by atomic mass is 9.32. The van der Waals surface area contributed by atoms with Gasteiger partial charge in [0, 0.05) is 57.8 Å². The van der Waals surface area contributed by atoms with Crippen LogP contribution < -0.4 is 0 Å². The highest BCUT2D eigenvalue weighted by atomic mass is 16.5. The normalized spacial score (nSPS) is 43.5. The first kappa shape index (κ1) is 41.0. The molecule has 9 heteroatoms. The Kier molecular flexibility index (Phi) is 10.4. The Morgan fingerprint density at radius 1 is 0.696 bits per heavy atom. The summed E-state index contributed by atoms with van der Waals surface area (Å²) in [5.41, 5.74) is -0.569. The summed E-state index contributed by atoms with van der Waals surface area (Å²) in [5, 5.41) is 9.66. The molecule has 0 aromatic heterocycles. The summed E-state index contributed by atoms with van der Waals surface area (Å²) in [7, 11) is 0. The maximum Gasteiger partial charge on any atom is 0.309 e. The molecule has 8 aliphatic rings. The Labute approximate surface area is 338 Å². The minimum atomic E-state index is -1.14. The van der Waals surface area contributed by atoms with E-state index in [0.29, 0.717) is 40.9 Å². The molecule has 0 spiro atoms. The van der Waals surface area contributed by atoms with Gasteiger partial charge in [-0.15, -0.1) is 0 Å². The van der Waals surface area contributed by atoms with Crippen LogP contribution in [-0.4, -0.2) is 109 Å². The molecule has 2 aliphatic heterocycles. The largest absolute Gasteiger partial charge is 0.481 e. The molecule has 0 aromatic carbocycles. The summed E-state index contributed by atoms with van der Waals surface area (Å²) in [6.07, 6.45) is 13.6. The first-order chi connectivity index (χ1) is 26.3. The first-order valence-corrected chi connectivity index (χ1v) is 23.1. The average molecular weight is 780 g/mol. The summed E-state index contributed by atoms with van der Waals surface area (Å²) in [4.78, 5) is 47.7. The molecule has 0 unspecified atom stereocenters. The second-order valence-corrected chi connectivity index (χ2v) is 22.9. The van der Waals surface area contributed by atoms with Crippen LogP contribution in [0.4, 0.5) is 0 Å². The van der Waals surface area contributed by atoms with Gasteiger partial charge in [0.05, 0.1) is 30.5 Å². The predicted octanol–water partition coefficient (Wildman–Crippen LogP) is 7.76. The van der Waals surface area contributed by atoms with Gasteiger partial charge in [0.2, 0.25) is 5.91 Å². The van der Waals surface area contributed by atoms with Crippen LogP contribution in [0.2, 0.25) is 0 Å². The molecule has 56 heavy (non-hydrogen) atoms. The number of carbonyl (C=O) groups excluding carboxylic acids is 2. The second-order valence-electron chi connectivity index (χ2n) is 22.9. The smallest absolute Gasteiger partial charge is 0.309 e. The summed E-state index contributed by atoms with van der Waals surface area (Å²) in [6, 6.07) is 0. The Morgan fingerprint density at radius 3 is 2.00 bits per heavy atom. The van der Waals surface area contributed by atoms with Crippen LogP contribution in [0.1, 0.15) is 139 Å². The van der Waals surface area contributed by atoms with Gasteiger partial charge in [-0.25, -0.2) is 0 Å². The third-order valence-electron chi connectivity index (χ3n) is 19.7. The molecule has 0 radical (unpaired) electrons. The maximum absolute atomic E-state index is 15.3. The molecule has 2 saturated heterocycles. The molecule has 6 saturated carbocycles. The van der Waals surface area contributed by atoms with E-state index in [2.05, 4.69) is 56.2 Å². The van der Waals surface area contributed by atoms with Crippen LogP contribution in [-0.2, 0) is 23.9 Å². The van der Waals surface area contributed by atoms with Gasteiger partial charge >= 0.3 is 11.9 Å².